The summed E-state index contributed by atoms with van der Waals surface area (Å²) in [7, 11) is 0. The Hall–Kier alpha value is -0.990. The van der Waals surface area contributed by atoms with Gasteiger partial charge < -0.3 is 9.73 Å². The largest absolute Gasteiger partial charge is 0.459 e. The van der Waals surface area contributed by atoms with Crippen molar-refractivity contribution in [1.29, 1.82) is 0 Å². The van der Waals surface area contributed by atoms with Gasteiger partial charge in [0.2, 0.25) is 0 Å². The quantitative estimate of drug-likeness (QED) is 0.824. The van der Waals surface area contributed by atoms with Crippen molar-refractivity contribution in [2.24, 2.45) is 17.8 Å². The molecule has 3 unspecified atom stereocenters. The average molecular weight is 304 g/mol. The van der Waals surface area contributed by atoms with E-state index in [0.717, 1.165) is 52.5 Å². The van der Waals surface area contributed by atoms with Crippen LogP contribution in [0, 0.1) is 17.8 Å². The van der Waals surface area contributed by atoms with E-state index >= 15 is 0 Å². The number of rotatable bonds is 5. The highest BCUT2D eigenvalue weighted by molar-refractivity contribution is 6.31. The monoisotopic (exact) mass is 303 g/mol. The molecule has 2 fully saturated rings. The molecule has 0 bridgehead atoms. The number of furan rings is 1. The van der Waals surface area contributed by atoms with Crippen molar-refractivity contribution in [3.63, 3.8) is 0 Å². The molecule has 0 radical (unpaired) electrons. The number of halogens is 1. The lowest BCUT2D eigenvalue weighted by atomic mass is 10.0. The molecular weight excluding hydrogens is 282 g/mol. The summed E-state index contributed by atoms with van der Waals surface area (Å²) in [4.78, 5) is 0. The second-order valence-electron chi connectivity index (χ2n) is 6.60. The van der Waals surface area contributed by atoms with E-state index in [1.165, 1.54) is 19.3 Å². The lowest BCUT2D eigenvalue weighted by Gasteiger charge is -2.18. The van der Waals surface area contributed by atoms with E-state index in [1.807, 2.05) is 18.2 Å². The molecule has 112 valence electrons. The third-order valence-electron chi connectivity index (χ3n) is 5.28. The molecule has 0 aliphatic heterocycles. The normalized spacial score (nSPS) is 28.8. The molecule has 1 aromatic heterocycles. The molecule has 3 heteroatoms. The molecule has 1 aromatic carbocycles. The highest BCUT2D eigenvalue weighted by atomic mass is 35.5. The van der Waals surface area contributed by atoms with Crippen LogP contribution >= 0.6 is 11.6 Å². The van der Waals surface area contributed by atoms with Gasteiger partial charge in [0.15, 0.2) is 0 Å². The van der Waals surface area contributed by atoms with E-state index < -0.39 is 0 Å². The SMILES string of the molecule is CCCNC(c1cc2cc(Cl)ccc2o1)C1C2CCCC21. The third kappa shape index (κ3) is 2.39. The summed E-state index contributed by atoms with van der Waals surface area (Å²) in [5.74, 6) is 3.73. The summed E-state index contributed by atoms with van der Waals surface area (Å²) in [6.45, 7) is 3.27. The Morgan fingerprint density at radius 2 is 2.10 bits per heavy atom. The van der Waals surface area contributed by atoms with Crippen molar-refractivity contribution < 1.29 is 4.42 Å². The average Bonchev–Trinajstić information content (AvgIpc) is 2.86. The zero-order chi connectivity index (χ0) is 14.4. The Balaban J connectivity index is 1.64. The molecule has 0 saturated heterocycles. The number of hydrogen-bond acceptors (Lipinski definition) is 2. The molecule has 1 N–H and O–H groups in total. The Morgan fingerprint density at radius 1 is 1.29 bits per heavy atom. The first kappa shape index (κ1) is 13.7. The van der Waals surface area contributed by atoms with Gasteiger partial charge in [0, 0.05) is 10.4 Å². The summed E-state index contributed by atoms with van der Waals surface area (Å²) in [5.41, 5.74) is 0.948. The van der Waals surface area contributed by atoms with Crippen LogP contribution in [0.1, 0.15) is 44.4 Å². The molecule has 0 spiro atoms. The highest BCUT2D eigenvalue weighted by Crippen LogP contribution is 2.62. The molecule has 3 atom stereocenters. The van der Waals surface area contributed by atoms with Crippen LogP contribution in [0.5, 0.6) is 0 Å². The van der Waals surface area contributed by atoms with Crippen LogP contribution in [0.4, 0.5) is 0 Å². The molecule has 2 nitrogen and oxygen atoms in total. The van der Waals surface area contributed by atoms with Crippen molar-refractivity contribution >= 4 is 22.6 Å². The Bertz CT molecular complexity index is 640. The molecule has 2 aromatic rings. The first-order chi connectivity index (χ1) is 10.3. The topological polar surface area (TPSA) is 25.2 Å². The van der Waals surface area contributed by atoms with Crippen LogP contribution < -0.4 is 5.32 Å². The molecule has 1 heterocycles. The standard InChI is InChI=1S/C18H22ClNO/c1-2-8-20-18(17-13-4-3-5-14(13)17)16-10-11-9-12(19)6-7-15(11)21-16/h6-7,9-10,13-14,17-18,20H,2-5,8H2,1H3. The molecule has 0 amide bonds. The van der Waals surface area contributed by atoms with Gasteiger partial charge in [-0.1, -0.05) is 24.9 Å². The van der Waals surface area contributed by atoms with Crippen molar-refractivity contribution in [1.82, 2.24) is 5.32 Å². The van der Waals surface area contributed by atoms with Crippen molar-refractivity contribution in [3.05, 3.63) is 35.0 Å². The van der Waals surface area contributed by atoms with Gasteiger partial charge in [-0.25, -0.2) is 0 Å². The molecule has 2 aliphatic carbocycles. The first-order valence-corrected chi connectivity index (χ1v) is 8.58. The minimum atomic E-state index is 0.381. The number of benzene rings is 1. The smallest absolute Gasteiger partial charge is 0.134 e. The van der Waals surface area contributed by atoms with Crippen LogP contribution in [0.15, 0.2) is 28.7 Å². The number of fused-ring (bicyclic) bond motifs is 2. The van der Waals surface area contributed by atoms with Gasteiger partial charge in [0.1, 0.15) is 11.3 Å². The van der Waals surface area contributed by atoms with E-state index in [4.69, 9.17) is 16.0 Å². The summed E-state index contributed by atoms with van der Waals surface area (Å²) in [5, 5.41) is 5.62. The summed E-state index contributed by atoms with van der Waals surface area (Å²) in [6.07, 6.45) is 5.39. The Kier molecular flexibility index (Phi) is 3.47. The summed E-state index contributed by atoms with van der Waals surface area (Å²) >= 11 is 6.09. The molecule has 21 heavy (non-hydrogen) atoms. The van der Waals surface area contributed by atoms with Gasteiger partial charge in [-0.15, -0.1) is 0 Å². The van der Waals surface area contributed by atoms with Crippen molar-refractivity contribution in [2.75, 3.05) is 6.54 Å². The van der Waals surface area contributed by atoms with Crippen LogP contribution in [0.25, 0.3) is 11.0 Å². The second-order valence-corrected chi connectivity index (χ2v) is 7.04. The van der Waals surface area contributed by atoms with Gasteiger partial charge in [-0.2, -0.15) is 0 Å². The fourth-order valence-electron chi connectivity index (χ4n) is 4.29. The third-order valence-corrected chi connectivity index (χ3v) is 5.51. The van der Waals surface area contributed by atoms with E-state index in [-0.39, 0.29) is 0 Å². The first-order valence-electron chi connectivity index (χ1n) is 8.20. The van der Waals surface area contributed by atoms with E-state index in [1.54, 1.807) is 0 Å². The highest BCUT2D eigenvalue weighted by Gasteiger charge is 2.56. The molecule has 2 saturated carbocycles. The van der Waals surface area contributed by atoms with Gasteiger partial charge in [0.05, 0.1) is 6.04 Å². The van der Waals surface area contributed by atoms with Crippen LogP contribution in [0.2, 0.25) is 5.02 Å². The predicted octanol–water partition coefficient (Wildman–Crippen LogP) is 5.17. The summed E-state index contributed by atoms with van der Waals surface area (Å²) in [6, 6.07) is 8.44. The maximum atomic E-state index is 6.13. The maximum absolute atomic E-state index is 6.13. The van der Waals surface area contributed by atoms with Gasteiger partial charge in [0.25, 0.3) is 0 Å². The number of hydrogen-bond donors (Lipinski definition) is 1. The second kappa shape index (κ2) is 5.33. The Labute approximate surface area is 130 Å². The Morgan fingerprint density at radius 3 is 2.86 bits per heavy atom. The molecule has 2 aliphatic rings. The minimum absolute atomic E-state index is 0.381. The lowest BCUT2D eigenvalue weighted by Crippen LogP contribution is -2.25. The van der Waals surface area contributed by atoms with Gasteiger partial charge >= 0.3 is 0 Å². The van der Waals surface area contributed by atoms with E-state index in [9.17, 15) is 0 Å². The van der Waals surface area contributed by atoms with Gasteiger partial charge in [-0.3, -0.25) is 0 Å². The van der Waals surface area contributed by atoms with Crippen molar-refractivity contribution in [3.8, 4) is 0 Å². The van der Waals surface area contributed by atoms with Gasteiger partial charge in [-0.05, 0) is 67.8 Å². The van der Waals surface area contributed by atoms with E-state index in [0.29, 0.717) is 6.04 Å². The fourth-order valence-corrected chi connectivity index (χ4v) is 4.47. The van der Waals surface area contributed by atoms with Crippen LogP contribution in [0.3, 0.4) is 0 Å². The zero-order valence-electron chi connectivity index (χ0n) is 12.4. The predicted molar refractivity (Wildman–Crippen MR) is 86.6 cm³/mol. The molecular formula is C18H22ClNO. The van der Waals surface area contributed by atoms with Crippen LogP contribution in [-0.2, 0) is 0 Å². The number of nitrogens with one attached hydrogen (secondary N) is 1. The van der Waals surface area contributed by atoms with Crippen LogP contribution in [-0.4, -0.2) is 6.54 Å². The lowest BCUT2D eigenvalue weighted by molar-refractivity contribution is 0.359. The van der Waals surface area contributed by atoms with Crippen molar-refractivity contribution in [2.45, 2.75) is 38.6 Å². The summed E-state index contributed by atoms with van der Waals surface area (Å²) < 4.78 is 6.13. The molecule has 4 rings (SSSR count). The zero-order valence-corrected chi connectivity index (χ0v) is 13.2. The van der Waals surface area contributed by atoms with E-state index in [2.05, 4.69) is 18.3 Å². The minimum Gasteiger partial charge on any atom is -0.459 e. The maximum Gasteiger partial charge on any atom is 0.134 e. The fraction of sp³-hybridized carbons (Fsp3) is 0.556.